The van der Waals surface area contributed by atoms with Crippen molar-refractivity contribution < 1.29 is 9.15 Å². The van der Waals surface area contributed by atoms with E-state index >= 15 is 0 Å². The molecule has 0 bridgehead atoms. The van der Waals surface area contributed by atoms with Crippen LogP contribution in [-0.4, -0.2) is 35.8 Å². The van der Waals surface area contributed by atoms with Crippen LogP contribution in [0.15, 0.2) is 35.0 Å². The van der Waals surface area contributed by atoms with E-state index < -0.39 is 0 Å². The number of ether oxygens (including phenoxy) is 1. The summed E-state index contributed by atoms with van der Waals surface area (Å²) in [6, 6.07) is 3.87. The molecule has 2 heterocycles. The van der Waals surface area contributed by atoms with E-state index in [-0.39, 0.29) is 0 Å². The number of hydrogen-bond donors (Lipinski definition) is 1. The molecule has 126 valence electrons. The molecule has 4 nitrogen and oxygen atoms in total. The first-order valence-corrected chi connectivity index (χ1v) is 9.04. The van der Waals surface area contributed by atoms with E-state index in [2.05, 4.69) is 22.4 Å². The predicted molar refractivity (Wildman–Crippen MR) is 95.2 cm³/mol. The van der Waals surface area contributed by atoms with E-state index in [1.807, 2.05) is 12.1 Å². The highest BCUT2D eigenvalue weighted by molar-refractivity contribution is 7.80. The standard InChI is InChI=1S/C18H26N2O2S/c23-18(19-12-16-8-4-10-21-16)20(14-17-9-5-11-22-17)13-15-6-2-1-3-7-15/h1-2,4,8,10,15,17H,3,5-7,9,11-14H2,(H,19,23)/t15-,17-/m1/s1. The molecule has 1 N–H and O–H groups in total. The summed E-state index contributed by atoms with van der Waals surface area (Å²) in [5.74, 6) is 1.59. The highest BCUT2D eigenvalue weighted by Gasteiger charge is 2.23. The van der Waals surface area contributed by atoms with Gasteiger partial charge in [-0.1, -0.05) is 12.2 Å². The molecule has 0 saturated carbocycles. The summed E-state index contributed by atoms with van der Waals surface area (Å²) < 4.78 is 11.2. The van der Waals surface area contributed by atoms with Gasteiger partial charge in [0.1, 0.15) is 5.76 Å². The van der Waals surface area contributed by atoms with E-state index in [1.54, 1.807) is 6.26 Å². The predicted octanol–water partition coefficient (Wildman–Crippen LogP) is 3.49. The van der Waals surface area contributed by atoms with Crippen molar-refractivity contribution in [2.75, 3.05) is 19.7 Å². The molecule has 3 rings (SSSR count). The fourth-order valence-corrected chi connectivity index (χ4v) is 3.52. The van der Waals surface area contributed by atoms with Crippen LogP contribution >= 0.6 is 12.2 Å². The summed E-state index contributed by atoms with van der Waals surface area (Å²) in [4.78, 5) is 2.30. The van der Waals surface area contributed by atoms with Gasteiger partial charge in [0, 0.05) is 19.7 Å². The van der Waals surface area contributed by atoms with Crippen molar-refractivity contribution in [2.24, 2.45) is 5.92 Å². The van der Waals surface area contributed by atoms with Crippen LogP contribution in [0.4, 0.5) is 0 Å². The minimum atomic E-state index is 0.317. The Bertz CT molecular complexity index is 509. The van der Waals surface area contributed by atoms with Crippen LogP contribution in [0, 0.1) is 5.92 Å². The number of nitrogens with zero attached hydrogens (tertiary/aromatic N) is 1. The molecule has 5 heteroatoms. The van der Waals surface area contributed by atoms with Crippen LogP contribution < -0.4 is 5.32 Å². The number of hydrogen-bond acceptors (Lipinski definition) is 3. The van der Waals surface area contributed by atoms with Crippen molar-refractivity contribution in [3.05, 3.63) is 36.3 Å². The van der Waals surface area contributed by atoms with Gasteiger partial charge in [0.25, 0.3) is 0 Å². The molecule has 1 saturated heterocycles. The monoisotopic (exact) mass is 334 g/mol. The summed E-state index contributed by atoms with van der Waals surface area (Å²) in [6.07, 6.45) is 12.5. The molecule has 1 aliphatic carbocycles. The molecule has 0 unspecified atom stereocenters. The Morgan fingerprint density at radius 2 is 2.26 bits per heavy atom. The zero-order chi connectivity index (χ0) is 15.9. The largest absolute Gasteiger partial charge is 0.467 e. The molecule has 2 aliphatic rings. The lowest BCUT2D eigenvalue weighted by atomic mass is 9.94. The summed E-state index contributed by atoms with van der Waals surface area (Å²) in [7, 11) is 0. The Morgan fingerprint density at radius 3 is 2.96 bits per heavy atom. The normalized spacial score (nSPS) is 23.8. The maximum absolute atomic E-state index is 5.81. The Hall–Kier alpha value is -1.33. The van der Waals surface area contributed by atoms with Gasteiger partial charge in [-0.05, 0) is 62.4 Å². The fourth-order valence-electron chi connectivity index (χ4n) is 3.30. The lowest BCUT2D eigenvalue weighted by molar-refractivity contribution is 0.0873. The van der Waals surface area contributed by atoms with Crippen molar-refractivity contribution in [3.63, 3.8) is 0 Å². The number of rotatable bonds is 6. The van der Waals surface area contributed by atoms with Crippen LogP contribution in [0.3, 0.4) is 0 Å². The Kier molecular flexibility index (Phi) is 6.11. The molecule has 1 aromatic heterocycles. The third-order valence-electron chi connectivity index (χ3n) is 4.59. The topological polar surface area (TPSA) is 37.6 Å². The summed E-state index contributed by atoms with van der Waals surface area (Å²) in [6.45, 7) is 3.42. The molecule has 0 spiro atoms. The van der Waals surface area contributed by atoms with Gasteiger partial charge in [0.2, 0.25) is 0 Å². The molecule has 2 atom stereocenters. The molecule has 0 amide bonds. The molecular formula is C18H26N2O2S. The first-order chi connectivity index (χ1) is 11.3. The number of thiocarbonyl (C=S) groups is 1. The molecule has 0 radical (unpaired) electrons. The Morgan fingerprint density at radius 1 is 1.30 bits per heavy atom. The van der Waals surface area contributed by atoms with Crippen molar-refractivity contribution in [3.8, 4) is 0 Å². The van der Waals surface area contributed by atoms with Crippen LogP contribution in [0.2, 0.25) is 0 Å². The van der Waals surface area contributed by atoms with Gasteiger partial charge in [-0.15, -0.1) is 0 Å². The molecule has 1 fully saturated rings. The smallest absolute Gasteiger partial charge is 0.169 e. The maximum Gasteiger partial charge on any atom is 0.169 e. The van der Waals surface area contributed by atoms with E-state index in [4.69, 9.17) is 21.4 Å². The minimum absolute atomic E-state index is 0.317. The van der Waals surface area contributed by atoms with Gasteiger partial charge >= 0.3 is 0 Å². The van der Waals surface area contributed by atoms with Gasteiger partial charge in [-0.3, -0.25) is 0 Å². The quantitative estimate of drug-likeness (QED) is 0.637. The van der Waals surface area contributed by atoms with Gasteiger partial charge in [-0.25, -0.2) is 0 Å². The summed E-state index contributed by atoms with van der Waals surface area (Å²) in [5, 5.41) is 4.15. The molecule has 23 heavy (non-hydrogen) atoms. The van der Waals surface area contributed by atoms with Gasteiger partial charge in [-0.2, -0.15) is 0 Å². The Balaban J connectivity index is 1.55. The first kappa shape index (κ1) is 16.5. The second kappa shape index (κ2) is 8.50. The van der Waals surface area contributed by atoms with Gasteiger partial charge < -0.3 is 19.4 Å². The zero-order valence-electron chi connectivity index (χ0n) is 13.6. The second-order valence-corrected chi connectivity index (χ2v) is 6.82. The van der Waals surface area contributed by atoms with Crippen LogP contribution in [-0.2, 0) is 11.3 Å². The average Bonchev–Trinajstić information content (AvgIpc) is 3.26. The van der Waals surface area contributed by atoms with Crippen molar-refractivity contribution in [1.82, 2.24) is 10.2 Å². The second-order valence-electron chi connectivity index (χ2n) is 6.43. The Labute approximate surface area is 143 Å². The third kappa shape index (κ3) is 5.08. The minimum Gasteiger partial charge on any atom is -0.467 e. The van der Waals surface area contributed by atoms with Crippen molar-refractivity contribution in [2.45, 2.75) is 44.8 Å². The third-order valence-corrected chi connectivity index (χ3v) is 4.99. The maximum atomic E-state index is 5.81. The van der Waals surface area contributed by atoms with Gasteiger partial charge in [0.15, 0.2) is 5.11 Å². The molecule has 0 aromatic carbocycles. The van der Waals surface area contributed by atoms with Crippen LogP contribution in [0.25, 0.3) is 0 Å². The first-order valence-electron chi connectivity index (χ1n) is 8.63. The number of nitrogens with one attached hydrogen (secondary N) is 1. The highest BCUT2D eigenvalue weighted by atomic mass is 32.1. The lowest BCUT2D eigenvalue weighted by Crippen LogP contribution is -2.45. The number of allylic oxidation sites excluding steroid dienone is 2. The lowest BCUT2D eigenvalue weighted by Gasteiger charge is -2.32. The van der Waals surface area contributed by atoms with Gasteiger partial charge in [0.05, 0.1) is 18.9 Å². The van der Waals surface area contributed by atoms with Crippen molar-refractivity contribution >= 4 is 17.3 Å². The molecule has 1 aromatic rings. The fraction of sp³-hybridized carbons (Fsp3) is 0.611. The summed E-state index contributed by atoms with van der Waals surface area (Å²) in [5.41, 5.74) is 0. The van der Waals surface area contributed by atoms with E-state index in [9.17, 15) is 0 Å². The zero-order valence-corrected chi connectivity index (χ0v) is 14.4. The molecular weight excluding hydrogens is 308 g/mol. The van der Waals surface area contributed by atoms with E-state index in [0.717, 1.165) is 49.8 Å². The van der Waals surface area contributed by atoms with Crippen LogP contribution in [0.1, 0.15) is 37.9 Å². The van der Waals surface area contributed by atoms with Crippen molar-refractivity contribution in [1.29, 1.82) is 0 Å². The molecule has 1 aliphatic heterocycles. The summed E-state index contributed by atoms with van der Waals surface area (Å²) >= 11 is 5.65. The van der Waals surface area contributed by atoms with E-state index in [0.29, 0.717) is 18.6 Å². The SMILES string of the molecule is S=C(NCc1ccco1)N(C[C@@H]1CC=CCC1)C[C@H]1CCCO1. The van der Waals surface area contributed by atoms with E-state index in [1.165, 1.54) is 12.8 Å². The number of furan rings is 1. The highest BCUT2D eigenvalue weighted by Crippen LogP contribution is 2.21. The average molecular weight is 334 g/mol. The van der Waals surface area contributed by atoms with Crippen LogP contribution in [0.5, 0.6) is 0 Å².